The highest BCUT2D eigenvalue weighted by Gasteiger charge is 1.91. The molecule has 0 amide bonds. The van der Waals surface area contributed by atoms with Gasteiger partial charge in [0.15, 0.2) is 0 Å². The SMILES string of the molecule is CCCCCCCC/C=C/NCCCCCCCCCC. The molecular formula is C20H41N. The van der Waals surface area contributed by atoms with Gasteiger partial charge >= 0.3 is 0 Å². The quantitative estimate of drug-likeness (QED) is 0.285. The first-order valence-corrected chi connectivity index (χ1v) is 9.80. The maximum absolute atomic E-state index is 3.43. The van der Waals surface area contributed by atoms with Crippen LogP contribution in [0.3, 0.4) is 0 Å². The van der Waals surface area contributed by atoms with E-state index in [1.807, 2.05) is 0 Å². The zero-order valence-corrected chi connectivity index (χ0v) is 15.0. The van der Waals surface area contributed by atoms with Crippen molar-refractivity contribution in [3.63, 3.8) is 0 Å². The summed E-state index contributed by atoms with van der Waals surface area (Å²) < 4.78 is 0. The van der Waals surface area contributed by atoms with Crippen LogP contribution >= 0.6 is 0 Å². The summed E-state index contributed by atoms with van der Waals surface area (Å²) in [6.45, 7) is 5.72. The summed E-state index contributed by atoms with van der Waals surface area (Å²) in [4.78, 5) is 0. The molecule has 0 rings (SSSR count). The van der Waals surface area contributed by atoms with Crippen molar-refractivity contribution in [1.82, 2.24) is 5.32 Å². The van der Waals surface area contributed by atoms with Crippen LogP contribution in [-0.2, 0) is 0 Å². The third kappa shape index (κ3) is 19.5. The average Bonchev–Trinajstić information content (AvgIpc) is 2.50. The van der Waals surface area contributed by atoms with Gasteiger partial charge in [-0.3, -0.25) is 0 Å². The van der Waals surface area contributed by atoms with Gasteiger partial charge in [-0.15, -0.1) is 0 Å². The third-order valence-electron chi connectivity index (χ3n) is 4.13. The molecule has 0 aliphatic heterocycles. The predicted molar refractivity (Wildman–Crippen MR) is 97.7 cm³/mol. The molecule has 0 unspecified atom stereocenters. The second kappa shape index (κ2) is 19.5. The standard InChI is InChI=1S/C20H41N/c1-3-5-7-9-11-13-15-17-19-21-20-18-16-14-12-10-8-6-4-2/h17,19,21H,3-16,18,20H2,1-2H3/b19-17+. The van der Waals surface area contributed by atoms with Crippen molar-refractivity contribution in [2.75, 3.05) is 6.54 Å². The van der Waals surface area contributed by atoms with Gasteiger partial charge in [0.1, 0.15) is 0 Å². The minimum atomic E-state index is 1.15. The van der Waals surface area contributed by atoms with Crippen molar-refractivity contribution in [2.45, 2.75) is 110 Å². The Morgan fingerprint density at radius 2 is 1.05 bits per heavy atom. The van der Waals surface area contributed by atoms with E-state index in [9.17, 15) is 0 Å². The van der Waals surface area contributed by atoms with Gasteiger partial charge in [0.2, 0.25) is 0 Å². The molecule has 0 spiro atoms. The van der Waals surface area contributed by atoms with Crippen LogP contribution in [-0.4, -0.2) is 6.54 Å². The van der Waals surface area contributed by atoms with Gasteiger partial charge in [0.05, 0.1) is 0 Å². The lowest BCUT2D eigenvalue weighted by Crippen LogP contribution is -2.06. The van der Waals surface area contributed by atoms with Gasteiger partial charge < -0.3 is 5.32 Å². The normalized spacial score (nSPS) is 11.3. The van der Waals surface area contributed by atoms with E-state index in [1.165, 1.54) is 96.3 Å². The van der Waals surface area contributed by atoms with Crippen LogP contribution in [0.2, 0.25) is 0 Å². The summed E-state index contributed by atoms with van der Waals surface area (Å²) in [7, 11) is 0. The Hall–Kier alpha value is -0.460. The molecular weight excluding hydrogens is 254 g/mol. The number of rotatable bonds is 17. The fourth-order valence-corrected chi connectivity index (χ4v) is 2.65. The molecule has 1 N–H and O–H groups in total. The summed E-state index contributed by atoms with van der Waals surface area (Å²) in [6, 6.07) is 0. The van der Waals surface area contributed by atoms with Crippen molar-refractivity contribution in [3.05, 3.63) is 12.3 Å². The Morgan fingerprint density at radius 3 is 1.62 bits per heavy atom. The van der Waals surface area contributed by atoms with Gasteiger partial charge in [-0.25, -0.2) is 0 Å². The molecule has 1 heteroatoms. The van der Waals surface area contributed by atoms with Crippen LogP contribution in [0.25, 0.3) is 0 Å². The topological polar surface area (TPSA) is 12.0 Å². The van der Waals surface area contributed by atoms with E-state index >= 15 is 0 Å². The van der Waals surface area contributed by atoms with Crippen molar-refractivity contribution in [2.24, 2.45) is 0 Å². The first-order chi connectivity index (χ1) is 10.4. The molecule has 0 aromatic rings. The van der Waals surface area contributed by atoms with Gasteiger partial charge in [-0.2, -0.15) is 0 Å². The fourth-order valence-electron chi connectivity index (χ4n) is 2.65. The first kappa shape index (κ1) is 20.5. The van der Waals surface area contributed by atoms with E-state index in [0.717, 1.165) is 6.54 Å². The van der Waals surface area contributed by atoms with E-state index < -0.39 is 0 Å². The number of unbranched alkanes of at least 4 members (excludes halogenated alkanes) is 13. The Balaban J connectivity index is 3.02. The molecule has 0 saturated carbocycles. The summed E-state index contributed by atoms with van der Waals surface area (Å²) in [5.74, 6) is 0. The van der Waals surface area contributed by atoms with Crippen molar-refractivity contribution in [3.8, 4) is 0 Å². The summed E-state index contributed by atoms with van der Waals surface area (Å²) in [6.07, 6.45) is 25.4. The van der Waals surface area contributed by atoms with E-state index in [0.29, 0.717) is 0 Å². The van der Waals surface area contributed by atoms with Crippen LogP contribution in [0.15, 0.2) is 12.3 Å². The summed E-state index contributed by atoms with van der Waals surface area (Å²) >= 11 is 0. The van der Waals surface area contributed by atoms with Gasteiger partial charge in [0, 0.05) is 6.54 Å². The van der Waals surface area contributed by atoms with E-state index in [1.54, 1.807) is 0 Å². The molecule has 0 aliphatic carbocycles. The Kier molecular flexibility index (Phi) is 19.1. The monoisotopic (exact) mass is 295 g/mol. The molecule has 0 aromatic heterocycles. The minimum absolute atomic E-state index is 1.15. The van der Waals surface area contributed by atoms with Gasteiger partial charge in [-0.1, -0.05) is 97.0 Å². The lowest BCUT2D eigenvalue weighted by molar-refractivity contribution is 0.570. The molecule has 0 aliphatic rings. The Bertz CT molecular complexity index is 198. The maximum atomic E-state index is 3.43. The molecule has 0 heterocycles. The van der Waals surface area contributed by atoms with Crippen LogP contribution in [0, 0.1) is 0 Å². The minimum Gasteiger partial charge on any atom is -0.391 e. The van der Waals surface area contributed by atoms with Crippen LogP contribution < -0.4 is 5.32 Å². The number of hydrogen-bond acceptors (Lipinski definition) is 1. The highest BCUT2D eigenvalue weighted by atomic mass is 14.8. The maximum Gasteiger partial charge on any atom is 0.0141 e. The van der Waals surface area contributed by atoms with Gasteiger partial charge in [-0.05, 0) is 25.5 Å². The zero-order chi connectivity index (χ0) is 15.4. The van der Waals surface area contributed by atoms with E-state index in [2.05, 4.69) is 31.4 Å². The molecule has 21 heavy (non-hydrogen) atoms. The number of hydrogen-bond donors (Lipinski definition) is 1. The molecule has 126 valence electrons. The lowest BCUT2D eigenvalue weighted by atomic mass is 10.1. The van der Waals surface area contributed by atoms with Crippen LogP contribution in [0.4, 0.5) is 0 Å². The third-order valence-corrected chi connectivity index (χ3v) is 4.13. The van der Waals surface area contributed by atoms with E-state index in [-0.39, 0.29) is 0 Å². The number of allylic oxidation sites excluding steroid dienone is 1. The van der Waals surface area contributed by atoms with Crippen molar-refractivity contribution < 1.29 is 0 Å². The van der Waals surface area contributed by atoms with Crippen molar-refractivity contribution >= 4 is 0 Å². The Labute approximate surface area is 135 Å². The molecule has 0 fully saturated rings. The predicted octanol–water partition coefficient (Wildman–Crippen LogP) is 6.98. The second-order valence-corrected chi connectivity index (χ2v) is 6.39. The number of nitrogens with one attached hydrogen (secondary N) is 1. The second-order valence-electron chi connectivity index (χ2n) is 6.39. The first-order valence-electron chi connectivity index (χ1n) is 9.80. The zero-order valence-electron chi connectivity index (χ0n) is 15.0. The lowest BCUT2D eigenvalue weighted by Gasteiger charge is -2.02. The van der Waals surface area contributed by atoms with Crippen LogP contribution in [0.1, 0.15) is 110 Å². The van der Waals surface area contributed by atoms with Crippen LogP contribution in [0.5, 0.6) is 0 Å². The van der Waals surface area contributed by atoms with Crippen molar-refractivity contribution in [1.29, 1.82) is 0 Å². The fraction of sp³-hybridized carbons (Fsp3) is 0.900. The summed E-state index contributed by atoms with van der Waals surface area (Å²) in [5.41, 5.74) is 0. The molecule has 0 atom stereocenters. The smallest absolute Gasteiger partial charge is 0.0141 e. The summed E-state index contributed by atoms with van der Waals surface area (Å²) in [5, 5.41) is 3.43. The molecule has 0 aromatic carbocycles. The highest BCUT2D eigenvalue weighted by molar-refractivity contribution is 4.79. The Morgan fingerprint density at radius 1 is 0.571 bits per heavy atom. The molecule has 1 nitrogen and oxygen atoms in total. The van der Waals surface area contributed by atoms with E-state index in [4.69, 9.17) is 0 Å². The average molecular weight is 296 g/mol. The highest BCUT2D eigenvalue weighted by Crippen LogP contribution is 2.08. The molecule has 0 saturated heterocycles. The van der Waals surface area contributed by atoms with Gasteiger partial charge in [0.25, 0.3) is 0 Å². The largest absolute Gasteiger partial charge is 0.391 e. The molecule has 0 radical (unpaired) electrons. The molecule has 0 bridgehead atoms.